The van der Waals surface area contributed by atoms with Crippen molar-refractivity contribution >= 4 is 44.8 Å². The second-order valence-corrected chi connectivity index (χ2v) is 5.88. The fourth-order valence-electron chi connectivity index (χ4n) is 2.60. The summed E-state index contributed by atoms with van der Waals surface area (Å²) in [6, 6.07) is 20.1. The van der Waals surface area contributed by atoms with Crippen LogP contribution in [0.15, 0.2) is 71.3 Å². The van der Waals surface area contributed by atoms with Gasteiger partial charge < -0.3 is 15.1 Å². The minimum atomic E-state index is 0.548. The molecule has 5 heteroatoms. The second-order valence-electron chi connectivity index (χ2n) is 5.48. The molecule has 0 spiro atoms. The van der Waals surface area contributed by atoms with E-state index in [0.717, 1.165) is 33.3 Å². The molecule has 4 rings (SSSR count). The first-order valence-electron chi connectivity index (χ1n) is 7.65. The molecular formula is C19H15N3OS. The predicted octanol–water partition coefficient (Wildman–Crippen LogP) is 4.47. The van der Waals surface area contributed by atoms with E-state index in [9.17, 15) is 0 Å². The van der Waals surface area contributed by atoms with Gasteiger partial charge in [-0.15, -0.1) is 0 Å². The van der Waals surface area contributed by atoms with Crippen LogP contribution in [0.5, 0.6) is 0 Å². The van der Waals surface area contributed by atoms with Gasteiger partial charge in [0.1, 0.15) is 5.76 Å². The van der Waals surface area contributed by atoms with Crippen LogP contribution in [-0.2, 0) is 6.54 Å². The average molecular weight is 333 g/mol. The zero-order valence-electron chi connectivity index (χ0n) is 12.8. The van der Waals surface area contributed by atoms with Crippen molar-refractivity contribution in [2.45, 2.75) is 6.54 Å². The van der Waals surface area contributed by atoms with Gasteiger partial charge in [-0.2, -0.15) is 0 Å². The van der Waals surface area contributed by atoms with Crippen molar-refractivity contribution in [3.63, 3.8) is 0 Å². The van der Waals surface area contributed by atoms with Crippen molar-refractivity contribution in [3.05, 3.63) is 72.7 Å². The SMILES string of the molecule is S=C(NCc1ccco1)Nc1ccc2cc3ccccc3nc2c1. The Morgan fingerprint density at radius 3 is 2.71 bits per heavy atom. The van der Waals surface area contributed by atoms with Gasteiger partial charge >= 0.3 is 0 Å². The molecule has 0 amide bonds. The Morgan fingerprint density at radius 2 is 1.83 bits per heavy atom. The molecule has 0 bridgehead atoms. The van der Waals surface area contributed by atoms with Crippen LogP contribution in [0.4, 0.5) is 5.69 Å². The standard InChI is InChI=1S/C19H15N3OS/c24-19(20-12-16-5-3-9-23-16)21-15-8-7-14-10-13-4-1-2-6-17(13)22-18(14)11-15/h1-11H,12H2,(H2,20,21,24). The number of fused-ring (bicyclic) bond motifs is 2. The number of nitrogens with zero attached hydrogens (tertiary/aromatic N) is 1. The van der Waals surface area contributed by atoms with Gasteiger partial charge in [-0.05, 0) is 48.6 Å². The highest BCUT2D eigenvalue weighted by Crippen LogP contribution is 2.22. The van der Waals surface area contributed by atoms with Gasteiger partial charge in [-0.3, -0.25) is 0 Å². The highest BCUT2D eigenvalue weighted by Gasteiger charge is 2.03. The molecule has 0 unspecified atom stereocenters. The number of hydrogen-bond donors (Lipinski definition) is 2. The molecule has 4 nitrogen and oxygen atoms in total. The highest BCUT2D eigenvalue weighted by atomic mass is 32.1. The molecule has 0 aliphatic rings. The molecule has 4 aromatic rings. The lowest BCUT2D eigenvalue weighted by atomic mass is 10.1. The summed E-state index contributed by atoms with van der Waals surface area (Å²) < 4.78 is 5.27. The molecule has 2 heterocycles. The number of benzene rings is 2. The van der Waals surface area contributed by atoms with Crippen LogP contribution in [0.2, 0.25) is 0 Å². The molecule has 0 atom stereocenters. The van der Waals surface area contributed by atoms with E-state index in [1.807, 2.05) is 48.5 Å². The van der Waals surface area contributed by atoms with Gasteiger partial charge in [0.15, 0.2) is 5.11 Å². The highest BCUT2D eigenvalue weighted by molar-refractivity contribution is 7.80. The first-order valence-corrected chi connectivity index (χ1v) is 8.05. The lowest BCUT2D eigenvalue weighted by Crippen LogP contribution is -2.27. The zero-order chi connectivity index (χ0) is 16.4. The molecule has 2 N–H and O–H groups in total. The van der Waals surface area contributed by atoms with Crippen LogP contribution in [0, 0.1) is 0 Å². The third kappa shape index (κ3) is 3.07. The number of para-hydroxylation sites is 1. The summed E-state index contributed by atoms with van der Waals surface area (Å²) >= 11 is 5.32. The van der Waals surface area contributed by atoms with Gasteiger partial charge in [0, 0.05) is 16.5 Å². The Balaban J connectivity index is 1.53. The summed E-state index contributed by atoms with van der Waals surface area (Å²) in [7, 11) is 0. The summed E-state index contributed by atoms with van der Waals surface area (Å²) in [5.74, 6) is 0.839. The maximum absolute atomic E-state index is 5.32. The normalized spacial score (nSPS) is 10.8. The molecule has 0 aliphatic heterocycles. The maximum Gasteiger partial charge on any atom is 0.171 e. The lowest BCUT2D eigenvalue weighted by molar-refractivity contribution is 0.503. The van der Waals surface area contributed by atoms with E-state index in [-0.39, 0.29) is 0 Å². The van der Waals surface area contributed by atoms with E-state index >= 15 is 0 Å². The largest absolute Gasteiger partial charge is 0.467 e. The monoisotopic (exact) mass is 333 g/mol. The molecular weight excluding hydrogens is 318 g/mol. The van der Waals surface area contributed by atoms with Crippen molar-refractivity contribution in [3.8, 4) is 0 Å². The fraction of sp³-hybridized carbons (Fsp3) is 0.0526. The Morgan fingerprint density at radius 1 is 0.958 bits per heavy atom. The number of furan rings is 1. The lowest BCUT2D eigenvalue weighted by Gasteiger charge is -2.10. The topological polar surface area (TPSA) is 50.1 Å². The van der Waals surface area contributed by atoms with Gasteiger partial charge in [0.05, 0.1) is 23.8 Å². The fourth-order valence-corrected chi connectivity index (χ4v) is 2.79. The first-order chi connectivity index (χ1) is 11.8. The van der Waals surface area contributed by atoms with Gasteiger partial charge in [0.25, 0.3) is 0 Å². The molecule has 0 radical (unpaired) electrons. The minimum absolute atomic E-state index is 0.548. The Labute approximate surface area is 144 Å². The number of thiocarbonyl (C=S) groups is 1. The summed E-state index contributed by atoms with van der Waals surface area (Å²) in [5, 5.41) is 9.09. The van der Waals surface area contributed by atoms with E-state index in [4.69, 9.17) is 21.6 Å². The molecule has 2 aromatic carbocycles. The van der Waals surface area contributed by atoms with Crippen molar-refractivity contribution in [1.82, 2.24) is 10.3 Å². The van der Waals surface area contributed by atoms with E-state index in [2.05, 4.69) is 22.8 Å². The quantitative estimate of drug-likeness (QED) is 0.428. The Kier molecular flexibility index (Phi) is 3.84. The third-order valence-electron chi connectivity index (χ3n) is 3.78. The maximum atomic E-state index is 5.32. The molecule has 0 saturated carbocycles. The number of pyridine rings is 1. The van der Waals surface area contributed by atoms with Gasteiger partial charge in [0.2, 0.25) is 0 Å². The summed E-state index contributed by atoms with van der Waals surface area (Å²) in [6.07, 6.45) is 1.65. The molecule has 118 valence electrons. The van der Waals surface area contributed by atoms with Gasteiger partial charge in [-0.25, -0.2) is 4.98 Å². The minimum Gasteiger partial charge on any atom is -0.467 e. The number of aromatic nitrogens is 1. The van der Waals surface area contributed by atoms with Crippen molar-refractivity contribution in [2.75, 3.05) is 5.32 Å². The third-order valence-corrected chi connectivity index (χ3v) is 4.03. The smallest absolute Gasteiger partial charge is 0.171 e. The second kappa shape index (κ2) is 6.29. The number of rotatable bonds is 3. The summed E-state index contributed by atoms with van der Waals surface area (Å²) in [6.45, 7) is 0.551. The summed E-state index contributed by atoms with van der Waals surface area (Å²) in [5.41, 5.74) is 2.83. The van der Waals surface area contributed by atoms with Crippen molar-refractivity contribution < 1.29 is 4.42 Å². The van der Waals surface area contributed by atoms with Crippen LogP contribution in [0.3, 0.4) is 0 Å². The van der Waals surface area contributed by atoms with Crippen molar-refractivity contribution in [2.24, 2.45) is 0 Å². The molecule has 2 aromatic heterocycles. The van der Waals surface area contributed by atoms with E-state index in [1.165, 1.54) is 0 Å². The van der Waals surface area contributed by atoms with Crippen LogP contribution in [0.1, 0.15) is 5.76 Å². The number of nitrogens with one attached hydrogen (secondary N) is 2. The molecule has 24 heavy (non-hydrogen) atoms. The number of hydrogen-bond acceptors (Lipinski definition) is 3. The van der Waals surface area contributed by atoms with Crippen LogP contribution < -0.4 is 10.6 Å². The molecule has 0 aliphatic carbocycles. The molecule has 0 saturated heterocycles. The van der Waals surface area contributed by atoms with E-state index in [0.29, 0.717) is 11.7 Å². The van der Waals surface area contributed by atoms with Crippen molar-refractivity contribution in [1.29, 1.82) is 0 Å². The Hall–Kier alpha value is -2.92. The zero-order valence-corrected chi connectivity index (χ0v) is 13.6. The predicted molar refractivity (Wildman–Crippen MR) is 101 cm³/mol. The van der Waals surface area contributed by atoms with E-state index in [1.54, 1.807) is 6.26 Å². The van der Waals surface area contributed by atoms with Crippen LogP contribution in [-0.4, -0.2) is 10.1 Å². The van der Waals surface area contributed by atoms with Crippen LogP contribution >= 0.6 is 12.2 Å². The Bertz CT molecular complexity index is 1010. The summed E-state index contributed by atoms with van der Waals surface area (Å²) in [4.78, 5) is 4.71. The van der Waals surface area contributed by atoms with Gasteiger partial charge in [-0.1, -0.05) is 24.3 Å². The van der Waals surface area contributed by atoms with E-state index < -0.39 is 0 Å². The van der Waals surface area contributed by atoms with Crippen LogP contribution in [0.25, 0.3) is 21.8 Å². The molecule has 0 fully saturated rings. The number of anilines is 1. The average Bonchev–Trinajstić information content (AvgIpc) is 3.12. The first kappa shape index (κ1) is 14.7.